The van der Waals surface area contributed by atoms with Crippen molar-refractivity contribution in [1.82, 2.24) is 9.97 Å². The molecule has 1 aromatic heterocycles. The number of alkyl halides is 3. The van der Waals surface area contributed by atoms with Crippen molar-refractivity contribution in [3.8, 4) is 11.6 Å². The molecule has 21 heavy (non-hydrogen) atoms. The van der Waals surface area contributed by atoms with Gasteiger partial charge in [-0.2, -0.15) is 18.2 Å². The summed E-state index contributed by atoms with van der Waals surface area (Å²) in [7, 11) is 0. The molecule has 0 aliphatic heterocycles. The molecule has 0 unspecified atom stereocenters. The number of rotatable bonds is 2. The molecule has 2 aromatic rings. The van der Waals surface area contributed by atoms with Gasteiger partial charge in [0.15, 0.2) is 0 Å². The van der Waals surface area contributed by atoms with E-state index in [-0.39, 0.29) is 11.0 Å². The number of aryl methyl sites for hydroxylation is 2. The van der Waals surface area contributed by atoms with Crippen molar-refractivity contribution in [1.29, 1.82) is 0 Å². The quantitative estimate of drug-likeness (QED) is 0.742. The predicted molar refractivity (Wildman–Crippen MR) is 72.8 cm³/mol. The number of benzene rings is 1. The van der Waals surface area contributed by atoms with Crippen LogP contribution in [-0.2, 0) is 6.18 Å². The van der Waals surface area contributed by atoms with Crippen molar-refractivity contribution in [2.24, 2.45) is 0 Å². The average Bonchev–Trinajstić information content (AvgIpc) is 2.33. The number of halogens is 4. The molecular weight excluding hydrogens is 305 g/mol. The summed E-state index contributed by atoms with van der Waals surface area (Å²) in [5.41, 5.74) is 2.73. The van der Waals surface area contributed by atoms with E-state index in [1.165, 1.54) is 0 Å². The van der Waals surface area contributed by atoms with Gasteiger partial charge in [-0.1, -0.05) is 17.7 Å². The van der Waals surface area contributed by atoms with Crippen LogP contribution in [0.3, 0.4) is 0 Å². The van der Waals surface area contributed by atoms with Crippen LogP contribution in [0.25, 0.3) is 0 Å². The first-order valence-electron chi connectivity index (χ1n) is 6.04. The third-order valence-electron chi connectivity index (χ3n) is 2.90. The third kappa shape index (κ3) is 3.64. The van der Waals surface area contributed by atoms with Gasteiger partial charge in [-0.15, -0.1) is 0 Å². The molecule has 0 spiro atoms. The second-order valence-electron chi connectivity index (χ2n) is 4.66. The molecule has 1 aromatic carbocycles. The van der Waals surface area contributed by atoms with Crippen LogP contribution in [0, 0.1) is 20.8 Å². The van der Waals surface area contributed by atoms with Crippen LogP contribution >= 0.6 is 11.6 Å². The molecule has 0 N–H and O–H groups in total. The Balaban J connectivity index is 2.43. The Hall–Kier alpha value is -1.82. The van der Waals surface area contributed by atoms with Crippen LogP contribution in [0.1, 0.15) is 22.5 Å². The second kappa shape index (κ2) is 5.52. The number of aromatic nitrogens is 2. The maximum Gasteiger partial charge on any atom is 0.451 e. The summed E-state index contributed by atoms with van der Waals surface area (Å²) >= 11 is 5.59. The Morgan fingerprint density at radius 3 is 2.33 bits per heavy atom. The van der Waals surface area contributed by atoms with Gasteiger partial charge in [-0.05, 0) is 43.5 Å². The van der Waals surface area contributed by atoms with E-state index in [2.05, 4.69) is 9.97 Å². The molecule has 0 atom stereocenters. The summed E-state index contributed by atoms with van der Waals surface area (Å²) in [6.45, 7) is 5.58. The highest BCUT2D eigenvalue weighted by atomic mass is 35.5. The number of ether oxygens (including phenoxy) is 1. The standard InChI is InChI=1S/C14H12ClF3N2O/c1-7-4-8(2)9(3)10(5-7)21-12-6-11(15)19-13(20-12)14(16,17)18/h4-6H,1-3H3. The van der Waals surface area contributed by atoms with Gasteiger partial charge in [0.05, 0.1) is 0 Å². The minimum atomic E-state index is -4.68. The van der Waals surface area contributed by atoms with E-state index in [1.807, 2.05) is 26.8 Å². The monoisotopic (exact) mass is 316 g/mol. The first kappa shape index (κ1) is 15.6. The van der Waals surface area contributed by atoms with Crippen LogP contribution in [0.4, 0.5) is 13.2 Å². The summed E-state index contributed by atoms with van der Waals surface area (Å²) < 4.78 is 43.4. The maximum atomic E-state index is 12.7. The molecule has 0 saturated heterocycles. The summed E-state index contributed by atoms with van der Waals surface area (Å²) in [4.78, 5) is 6.51. The van der Waals surface area contributed by atoms with Gasteiger partial charge in [0.25, 0.3) is 0 Å². The molecule has 0 amide bonds. The molecule has 3 nitrogen and oxygen atoms in total. The smallest absolute Gasteiger partial charge is 0.439 e. The van der Waals surface area contributed by atoms with Gasteiger partial charge >= 0.3 is 6.18 Å². The van der Waals surface area contributed by atoms with E-state index >= 15 is 0 Å². The SMILES string of the molecule is Cc1cc(C)c(C)c(Oc2cc(Cl)nc(C(F)(F)F)n2)c1. The fourth-order valence-electron chi connectivity index (χ4n) is 1.80. The first-order chi connectivity index (χ1) is 9.66. The van der Waals surface area contributed by atoms with E-state index < -0.39 is 12.0 Å². The van der Waals surface area contributed by atoms with Crippen LogP contribution in [0.5, 0.6) is 11.6 Å². The van der Waals surface area contributed by atoms with E-state index in [0.29, 0.717) is 5.75 Å². The van der Waals surface area contributed by atoms with Crippen LogP contribution in [-0.4, -0.2) is 9.97 Å². The molecular formula is C14H12ClF3N2O. The van der Waals surface area contributed by atoms with Crippen molar-refractivity contribution in [2.45, 2.75) is 26.9 Å². The van der Waals surface area contributed by atoms with Gasteiger partial charge in [0.2, 0.25) is 11.7 Å². The highest BCUT2D eigenvalue weighted by Gasteiger charge is 2.35. The summed E-state index contributed by atoms with van der Waals surface area (Å²) in [5.74, 6) is -1.13. The zero-order chi connectivity index (χ0) is 15.8. The van der Waals surface area contributed by atoms with Crippen LogP contribution < -0.4 is 4.74 Å². The Morgan fingerprint density at radius 1 is 1.05 bits per heavy atom. The van der Waals surface area contributed by atoms with Crippen LogP contribution in [0.2, 0.25) is 5.15 Å². The molecule has 0 aliphatic carbocycles. The lowest BCUT2D eigenvalue weighted by atomic mass is 10.1. The van der Waals surface area contributed by atoms with Crippen molar-refractivity contribution in [2.75, 3.05) is 0 Å². The summed E-state index contributed by atoms with van der Waals surface area (Å²) in [5, 5.41) is -0.325. The Labute approximate surface area is 124 Å². The van der Waals surface area contributed by atoms with E-state index in [1.54, 1.807) is 6.07 Å². The van der Waals surface area contributed by atoms with Crippen molar-refractivity contribution < 1.29 is 17.9 Å². The molecule has 7 heteroatoms. The highest BCUT2D eigenvalue weighted by Crippen LogP contribution is 2.32. The number of nitrogens with zero attached hydrogens (tertiary/aromatic N) is 2. The van der Waals surface area contributed by atoms with Gasteiger partial charge in [0, 0.05) is 6.07 Å². The van der Waals surface area contributed by atoms with E-state index in [0.717, 1.165) is 22.8 Å². The van der Waals surface area contributed by atoms with Gasteiger partial charge in [-0.3, -0.25) is 0 Å². The topological polar surface area (TPSA) is 35.0 Å². The van der Waals surface area contributed by atoms with Gasteiger partial charge in [0.1, 0.15) is 10.9 Å². The molecule has 112 valence electrons. The lowest BCUT2D eigenvalue weighted by Gasteiger charge is -2.12. The highest BCUT2D eigenvalue weighted by molar-refractivity contribution is 6.29. The van der Waals surface area contributed by atoms with Gasteiger partial charge in [-0.25, -0.2) is 4.98 Å². The van der Waals surface area contributed by atoms with Crippen molar-refractivity contribution in [3.63, 3.8) is 0 Å². The van der Waals surface area contributed by atoms with Crippen molar-refractivity contribution >= 4 is 11.6 Å². The summed E-state index contributed by atoms with van der Waals surface area (Å²) in [6.07, 6.45) is -4.68. The maximum absolute atomic E-state index is 12.7. The largest absolute Gasteiger partial charge is 0.451 e. The van der Waals surface area contributed by atoms with Crippen molar-refractivity contribution in [3.05, 3.63) is 45.9 Å². The molecule has 2 rings (SSSR count). The van der Waals surface area contributed by atoms with E-state index in [4.69, 9.17) is 16.3 Å². The molecule has 1 heterocycles. The zero-order valence-corrected chi connectivity index (χ0v) is 12.3. The fourth-order valence-corrected chi connectivity index (χ4v) is 1.97. The number of hydrogen-bond donors (Lipinski definition) is 0. The zero-order valence-electron chi connectivity index (χ0n) is 11.5. The van der Waals surface area contributed by atoms with E-state index in [9.17, 15) is 13.2 Å². The number of hydrogen-bond acceptors (Lipinski definition) is 3. The minimum Gasteiger partial charge on any atom is -0.439 e. The van der Waals surface area contributed by atoms with Crippen LogP contribution in [0.15, 0.2) is 18.2 Å². The fraction of sp³-hybridized carbons (Fsp3) is 0.286. The molecule has 0 saturated carbocycles. The summed E-state index contributed by atoms with van der Waals surface area (Å²) in [6, 6.07) is 4.83. The third-order valence-corrected chi connectivity index (χ3v) is 3.10. The predicted octanol–water partition coefficient (Wildman–Crippen LogP) is 4.87. The molecule has 0 fully saturated rings. The molecule has 0 radical (unpaired) electrons. The first-order valence-corrected chi connectivity index (χ1v) is 6.42. The Kier molecular flexibility index (Phi) is 4.09. The molecule has 0 bridgehead atoms. The van der Waals surface area contributed by atoms with Gasteiger partial charge < -0.3 is 4.74 Å². The minimum absolute atomic E-state index is 0.240. The average molecular weight is 317 g/mol. The second-order valence-corrected chi connectivity index (χ2v) is 5.04. The Morgan fingerprint density at radius 2 is 1.71 bits per heavy atom. The Bertz CT molecular complexity index is 687. The molecule has 0 aliphatic rings. The normalized spacial score (nSPS) is 11.6. The lowest BCUT2D eigenvalue weighted by molar-refractivity contribution is -0.145. The lowest BCUT2D eigenvalue weighted by Crippen LogP contribution is -2.11.